The van der Waals surface area contributed by atoms with Gasteiger partial charge in [-0.1, -0.05) is 41.4 Å². The SMILES string of the molecule is Cc1cccc(-c2c(Cl)[nH]c(=O)n(CC(F)F)c2=O)c1. The number of nitrogens with one attached hydrogen (secondary N) is 1. The van der Waals surface area contributed by atoms with Gasteiger partial charge in [-0.05, 0) is 12.5 Å². The van der Waals surface area contributed by atoms with E-state index in [-0.39, 0.29) is 10.7 Å². The van der Waals surface area contributed by atoms with Crippen LogP contribution in [0.3, 0.4) is 0 Å². The van der Waals surface area contributed by atoms with Crippen LogP contribution in [0.4, 0.5) is 8.78 Å². The number of H-pyrrole nitrogens is 1. The van der Waals surface area contributed by atoms with E-state index in [0.717, 1.165) is 5.56 Å². The van der Waals surface area contributed by atoms with Gasteiger partial charge < -0.3 is 0 Å². The van der Waals surface area contributed by atoms with Crippen molar-refractivity contribution in [2.75, 3.05) is 0 Å². The minimum Gasteiger partial charge on any atom is -0.297 e. The summed E-state index contributed by atoms with van der Waals surface area (Å²) in [6, 6.07) is 6.85. The molecule has 4 nitrogen and oxygen atoms in total. The molecule has 0 fully saturated rings. The van der Waals surface area contributed by atoms with Gasteiger partial charge in [0.2, 0.25) is 0 Å². The number of aryl methyl sites for hydroxylation is 1. The minimum atomic E-state index is -2.81. The molecule has 0 saturated carbocycles. The summed E-state index contributed by atoms with van der Waals surface area (Å²) in [6.07, 6.45) is -2.81. The molecule has 1 aromatic carbocycles. The zero-order valence-corrected chi connectivity index (χ0v) is 11.2. The summed E-state index contributed by atoms with van der Waals surface area (Å²) in [5, 5.41) is -0.156. The highest BCUT2D eigenvalue weighted by atomic mass is 35.5. The van der Waals surface area contributed by atoms with Gasteiger partial charge in [-0.15, -0.1) is 0 Å². The molecule has 0 radical (unpaired) electrons. The van der Waals surface area contributed by atoms with Crippen molar-refractivity contribution in [1.82, 2.24) is 9.55 Å². The molecule has 1 heterocycles. The van der Waals surface area contributed by atoms with Crippen molar-refractivity contribution in [3.8, 4) is 11.1 Å². The lowest BCUT2D eigenvalue weighted by Gasteiger charge is -2.09. The summed E-state index contributed by atoms with van der Waals surface area (Å²) >= 11 is 5.87. The predicted octanol–water partition coefficient (Wildman–Crippen LogP) is 2.43. The van der Waals surface area contributed by atoms with Crippen LogP contribution in [0, 0.1) is 6.92 Å². The summed E-state index contributed by atoms with van der Waals surface area (Å²) in [4.78, 5) is 25.9. The third-order valence-electron chi connectivity index (χ3n) is 2.77. The number of alkyl halides is 2. The van der Waals surface area contributed by atoms with E-state index in [1.807, 2.05) is 13.0 Å². The topological polar surface area (TPSA) is 54.9 Å². The molecular weight excluding hydrogens is 290 g/mol. The number of halogens is 3. The van der Waals surface area contributed by atoms with E-state index < -0.39 is 24.2 Å². The fraction of sp³-hybridized carbons (Fsp3) is 0.231. The van der Waals surface area contributed by atoms with E-state index in [9.17, 15) is 18.4 Å². The van der Waals surface area contributed by atoms with Gasteiger partial charge >= 0.3 is 5.69 Å². The third kappa shape index (κ3) is 2.80. The lowest BCUT2D eigenvalue weighted by molar-refractivity contribution is 0.123. The summed E-state index contributed by atoms with van der Waals surface area (Å²) < 4.78 is 25.3. The summed E-state index contributed by atoms with van der Waals surface area (Å²) in [6.45, 7) is 0.852. The minimum absolute atomic E-state index is 0.00983. The third-order valence-corrected chi connectivity index (χ3v) is 3.05. The fourth-order valence-corrected chi connectivity index (χ4v) is 2.17. The van der Waals surface area contributed by atoms with Gasteiger partial charge in [0, 0.05) is 0 Å². The van der Waals surface area contributed by atoms with Crippen LogP contribution in [0.25, 0.3) is 11.1 Å². The Labute approximate surface area is 117 Å². The highest BCUT2D eigenvalue weighted by molar-refractivity contribution is 6.32. The van der Waals surface area contributed by atoms with Crippen LogP contribution < -0.4 is 11.2 Å². The number of benzene rings is 1. The maximum Gasteiger partial charge on any atom is 0.329 e. The number of aromatic nitrogens is 2. The predicted molar refractivity (Wildman–Crippen MR) is 72.5 cm³/mol. The maximum atomic E-state index is 12.4. The van der Waals surface area contributed by atoms with Crippen molar-refractivity contribution >= 4 is 11.6 Å². The van der Waals surface area contributed by atoms with Crippen molar-refractivity contribution in [2.45, 2.75) is 19.9 Å². The van der Waals surface area contributed by atoms with Crippen molar-refractivity contribution in [3.05, 3.63) is 55.8 Å². The number of hydrogen-bond acceptors (Lipinski definition) is 2. The van der Waals surface area contributed by atoms with E-state index >= 15 is 0 Å². The van der Waals surface area contributed by atoms with Gasteiger partial charge in [0.1, 0.15) is 5.15 Å². The van der Waals surface area contributed by atoms with Crippen LogP contribution >= 0.6 is 11.6 Å². The Balaban J connectivity index is 2.71. The first kappa shape index (κ1) is 14.5. The van der Waals surface area contributed by atoms with Crippen LogP contribution in [0.1, 0.15) is 5.56 Å². The fourth-order valence-electron chi connectivity index (χ4n) is 1.90. The largest absolute Gasteiger partial charge is 0.329 e. The first-order chi connectivity index (χ1) is 9.40. The maximum absolute atomic E-state index is 12.4. The molecule has 0 spiro atoms. The van der Waals surface area contributed by atoms with E-state index in [4.69, 9.17) is 11.6 Å². The van der Waals surface area contributed by atoms with Gasteiger partial charge in [-0.25, -0.2) is 13.6 Å². The molecule has 2 rings (SSSR count). The average molecular weight is 301 g/mol. The van der Waals surface area contributed by atoms with Crippen molar-refractivity contribution in [1.29, 1.82) is 0 Å². The molecule has 0 bridgehead atoms. The number of aromatic amines is 1. The Morgan fingerprint density at radius 3 is 2.65 bits per heavy atom. The lowest BCUT2D eigenvalue weighted by Crippen LogP contribution is -2.38. The monoisotopic (exact) mass is 300 g/mol. The second kappa shape index (κ2) is 5.58. The Kier molecular flexibility index (Phi) is 4.04. The number of rotatable bonds is 3. The zero-order valence-electron chi connectivity index (χ0n) is 10.5. The van der Waals surface area contributed by atoms with Crippen LogP contribution in [-0.4, -0.2) is 16.0 Å². The number of hydrogen-bond donors (Lipinski definition) is 1. The summed E-state index contributed by atoms with van der Waals surface area (Å²) in [5.74, 6) is 0. The normalized spacial score (nSPS) is 11.1. The molecule has 0 amide bonds. The van der Waals surface area contributed by atoms with Crippen molar-refractivity contribution < 1.29 is 8.78 Å². The van der Waals surface area contributed by atoms with Crippen LogP contribution in [0.15, 0.2) is 33.9 Å². The highest BCUT2D eigenvalue weighted by Gasteiger charge is 2.17. The number of nitrogens with zero attached hydrogens (tertiary/aromatic N) is 1. The second-order valence-electron chi connectivity index (χ2n) is 4.30. The molecule has 106 valence electrons. The Morgan fingerprint density at radius 2 is 2.05 bits per heavy atom. The first-order valence-electron chi connectivity index (χ1n) is 5.78. The molecule has 1 aromatic heterocycles. The second-order valence-corrected chi connectivity index (χ2v) is 4.67. The van der Waals surface area contributed by atoms with Gasteiger partial charge in [0.25, 0.3) is 12.0 Å². The van der Waals surface area contributed by atoms with E-state index in [0.29, 0.717) is 10.1 Å². The Bertz CT molecular complexity index is 753. The molecular formula is C13H11ClF2N2O2. The molecule has 0 unspecified atom stereocenters. The van der Waals surface area contributed by atoms with Crippen LogP contribution in [0.2, 0.25) is 5.15 Å². The van der Waals surface area contributed by atoms with E-state index in [1.54, 1.807) is 18.2 Å². The van der Waals surface area contributed by atoms with Crippen LogP contribution in [0.5, 0.6) is 0 Å². The smallest absolute Gasteiger partial charge is 0.297 e. The van der Waals surface area contributed by atoms with Crippen LogP contribution in [-0.2, 0) is 6.54 Å². The molecule has 0 saturated heterocycles. The van der Waals surface area contributed by atoms with Gasteiger partial charge in [0.15, 0.2) is 0 Å². The molecule has 2 aromatic rings. The molecule has 7 heteroatoms. The highest BCUT2D eigenvalue weighted by Crippen LogP contribution is 2.22. The Hall–Kier alpha value is -1.95. The summed E-state index contributed by atoms with van der Waals surface area (Å²) in [7, 11) is 0. The van der Waals surface area contributed by atoms with Crippen molar-refractivity contribution in [3.63, 3.8) is 0 Å². The average Bonchev–Trinajstić information content (AvgIpc) is 2.34. The van der Waals surface area contributed by atoms with E-state index in [2.05, 4.69) is 4.98 Å². The quantitative estimate of drug-likeness (QED) is 0.885. The lowest BCUT2D eigenvalue weighted by atomic mass is 10.1. The summed E-state index contributed by atoms with van der Waals surface area (Å²) in [5.41, 5.74) is -0.416. The molecule has 0 aliphatic rings. The molecule has 0 aliphatic carbocycles. The standard InChI is InChI=1S/C13H11ClF2N2O2/c1-7-3-2-4-8(5-7)10-11(14)17-13(20)18(12(10)19)6-9(15)16/h2-5,9H,6H2,1H3,(H,17,20). The molecule has 20 heavy (non-hydrogen) atoms. The molecule has 1 N–H and O–H groups in total. The first-order valence-corrected chi connectivity index (χ1v) is 6.15. The zero-order chi connectivity index (χ0) is 14.9. The molecule has 0 aliphatic heterocycles. The Morgan fingerprint density at radius 1 is 1.35 bits per heavy atom. The van der Waals surface area contributed by atoms with Gasteiger partial charge in [-0.3, -0.25) is 14.3 Å². The molecule has 0 atom stereocenters. The van der Waals surface area contributed by atoms with Gasteiger partial charge in [0.05, 0.1) is 12.1 Å². The van der Waals surface area contributed by atoms with Crippen molar-refractivity contribution in [2.24, 2.45) is 0 Å². The van der Waals surface area contributed by atoms with Gasteiger partial charge in [-0.2, -0.15) is 0 Å². The van der Waals surface area contributed by atoms with E-state index in [1.165, 1.54) is 0 Å².